The number of hydrogen-bond donors (Lipinski definition) is 1. The third-order valence-corrected chi connectivity index (χ3v) is 4.39. The van der Waals surface area contributed by atoms with Gasteiger partial charge < -0.3 is 10.1 Å². The Balaban J connectivity index is 1.50. The maximum absolute atomic E-state index is 5.58. The van der Waals surface area contributed by atoms with Crippen molar-refractivity contribution in [3.63, 3.8) is 0 Å². The Labute approximate surface area is 119 Å². The van der Waals surface area contributed by atoms with E-state index in [0.717, 1.165) is 40.8 Å². The summed E-state index contributed by atoms with van der Waals surface area (Å²) in [5.74, 6) is 0.838. The molecular formula is C13H15BrN2OS. The van der Waals surface area contributed by atoms with E-state index in [2.05, 4.69) is 32.3 Å². The summed E-state index contributed by atoms with van der Waals surface area (Å²) in [5, 5.41) is 4.29. The lowest BCUT2D eigenvalue weighted by molar-refractivity contribution is 0.134. The second-order valence-electron chi connectivity index (χ2n) is 4.58. The van der Waals surface area contributed by atoms with Gasteiger partial charge in [-0.05, 0) is 37.0 Å². The quantitative estimate of drug-likeness (QED) is 0.817. The molecule has 1 aromatic carbocycles. The zero-order valence-corrected chi connectivity index (χ0v) is 12.4. The molecule has 1 N–H and O–H groups in total. The average molecular weight is 327 g/mol. The smallest absolute Gasteiger partial charge is 0.183 e. The van der Waals surface area contributed by atoms with Crippen molar-refractivity contribution in [3.05, 3.63) is 22.7 Å². The molecule has 18 heavy (non-hydrogen) atoms. The highest BCUT2D eigenvalue weighted by Gasteiger charge is 2.20. The van der Waals surface area contributed by atoms with Gasteiger partial charge in [0.1, 0.15) is 0 Å². The minimum Gasteiger partial charge on any atom is -0.379 e. The molecule has 1 aliphatic rings. The van der Waals surface area contributed by atoms with Crippen molar-refractivity contribution >= 4 is 42.6 Å². The van der Waals surface area contributed by atoms with Crippen LogP contribution in [0.4, 0.5) is 5.13 Å². The summed E-state index contributed by atoms with van der Waals surface area (Å²) < 4.78 is 7.87. The molecule has 1 saturated carbocycles. The Morgan fingerprint density at radius 1 is 1.44 bits per heavy atom. The van der Waals surface area contributed by atoms with E-state index < -0.39 is 0 Å². The standard InChI is InChI=1S/C13H15BrN2OS/c14-10-3-4-11-12(7-10)18-13(16-11)15-5-6-17-8-9-1-2-9/h3-4,7,9H,1-2,5-6,8H2,(H,15,16). The molecule has 3 nitrogen and oxygen atoms in total. The fraction of sp³-hybridized carbons (Fsp3) is 0.462. The summed E-state index contributed by atoms with van der Waals surface area (Å²) in [6.45, 7) is 2.51. The zero-order chi connectivity index (χ0) is 12.4. The van der Waals surface area contributed by atoms with E-state index in [1.165, 1.54) is 17.5 Å². The first-order valence-corrected chi connectivity index (χ1v) is 7.80. The zero-order valence-electron chi connectivity index (χ0n) is 9.99. The van der Waals surface area contributed by atoms with Gasteiger partial charge in [-0.3, -0.25) is 0 Å². The maximum atomic E-state index is 5.58. The molecule has 3 rings (SSSR count). The van der Waals surface area contributed by atoms with Crippen molar-refractivity contribution in [3.8, 4) is 0 Å². The van der Waals surface area contributed by atoms with Gasteiger partial charge in [0, 0.05) is 17.6 Å². The number of fused-ring (bicyclic) bond motifs is 1. The molecule has 96 valence electrons. The molecular weight excluding hydrogens is 312 g/mol. The first kappa shape index (κ1) is 12.4. The fourth-order valence-corrected chi connectivity index (χ4v) is 3.18. The Morgan fingerprint density at radius 2 is 2.33 bits per heavy atom. The summed E-state index contributed by atoms with van der Waals surface area (Å²) in [6.07, 6.45) is 2.69. The highest BCUT2D eigenvalue weighted by molar-refractivity contribution is 9.10. The minimum absolute atomic E-state index is 0.760. The van der Waals surface area contributed by atoms with E-state index >= 15 is 0 Å². The maximum Gasteiger partial charge on any atom is 0.183 e. The number of nitrogens with one attached hydrogen (secondary N) is 1. The van der Waals surface area contributed by atoms with Crippen LogP contribution in [0.1, 0.15) is 12.8 Å². The molecule has 0 unspecified atom stereocenters. The summed E-state index contributed by atoms with van der Waals surface area (Å²) in [7, 11) is 0. The Kier molecular flexibility index (Phi) is 3.82. The third kappa shape index (κ3) is 3.22. The van der Waals surface area contributed by atoms with Gasteiger partial charge >= 0.3 is 0 Å². The van der Waals surface area contributed by atoms with Crippen LogP contribution < -0.4 is 5.32 Å². The highest BCUT2D eigenvalue weighted by atomic mass is 79.9. The molecule has 0 spiro atoms. The lowest BCUT2D eigenvalue weighted by atomic mass is 10.3. The predicted molar refractivity (Wildman–Crippen MR) is 79.4 cm³/mol. The molecule has 0 radical (unpaired) electrons. The number of rotatable bonds is 6. The normalized spacial score (nSPS) is 15.2. The molecule has 2 aromatic rings. The highest BCUT2D eigenvalue weighted by Crippen LogP contribution is 2.29. The van der Waals surface area contributed by atoms with E-state index in [1.807, 2.05) is 12.1 Å². The number of benzene rings is 1. The molecule has 1 aliphatic carbocycles. The van der Waals surface area contributed by atoms with Gasteiger partial charge in [-0.2, -0.15) is 0 Å². The molecule has 5 heteroatoms. The SMILES string of the molecule is Brc1ccc2nc(NCCOCC3CC3)sc2c1. The van der Waals surface area contributed by atoms with Gasteiger partial charge in [-0.15, -0.1) is 0 Å². The van der Waals surface area contributed by atoms with Crippen molar-refractivity contribution in [1.82, 2.24) is 4.98 Å². The third-order valence-electron chi connectivity index (χ3n) is 2.92. The van der Waals surface area contributed by atoms with Crippen LogP contribution in [-0.2, 0) is 4.74 Å². The van der Waals surface area contributed by atoms with Crippen LogP contribution in [0.15, 0.2) is 22.7 Å². The van der Waals surface area contributed by atoms with Crippen molar-refractivity contribution in [2.45, 2.75) is 12.8 Å². The first-order chi connectivity index (χ1) is 8.81. The van der Waals surface area contributed by atoms with Crippen LogP contribution in [0, 0.1) is 5.92 Å². The van der Waals surface area contributed by atoms with Gasteiger partial charge in [0.15, 0.2) is 5.13 Å². The monoisotopic (exact) mass is 326 g/mol. The molecule has 0 aliphatic heterocycles. The molecule has 0 bridgehead atoms. The van der Waals surface area contributed by atoms with Crippen LogP contribution >= 0.6 is 27.3 Å². The summed E-state index contributed by atoms with van der Waals surface area (Å²) in [5.41, 5.74) is 1.05. The molecule has 0 amide bonds. The van der Waals surface area contributed by atoms with Crippen molar-refractivity contribution in [2.24, 2.45) is 5.92 Å². The van der Waals surface area contributed by atoms with Crippen LogP contribution in [0.3, 0.4) is 0 Å². The second kappa shape index (κ2) is 5.55. The number of thiazole rings is 1. The number of hydrogen-bond acceptors (Lipinski definition) is 4. The summed E-state index contributed by atoms with van der Waals surface area (Å²) in [6, 6.07) is 6.15. The number of nitrogens with zero attached hydrogens (tertiary/aromatic N) is 1. The first-order valence-electron chi connectivity index (χ1n) is 6.19. The van der Waals surface area contributed by atoms with Crippen LogP contribution in [-0.4, -0.2) is 24.7 Å². The lowest BCUT2D eigenvalue weighted by Crippen LogP contribution is -2.10. The Morgan fingerprint density at radius 3 is 3.17 bits per heavy atom. The molecule has 0 atom stereocenters. The van der Waals surface area contributed by atoms with Gasteiger partial charge in [0.05, 0.1) is 16.8 Å². The topological polar surface area (TPSA) is 34.2 Å². The molecule has 1 fully saturated rings. The van der Waals surface area contributed by atoms with Gasteiger partial charge in [-0.1, -0.05) is 27.3 Å². The molecule has 1 aromatic heterocycles. The number of ether oxygens (including phenoxy) is 1. The summed E-state index contributed by atoms with van der Waals surface area (Å²) in [4.78, 5) is 4.53. The lowest BCUT2D eigenvalue weighted by Gasteiger charge is -2.03. The number of halogens is 1. The van der Waals surface area contributed by atoms with Crippen LogP contribution in [0.2, 0.25) is 0 Å². The van der Waals surface area contributed by atoms with Gasteiger partial charge in [-0.25, -0.2) is 4.98 Å². The molecule has 0 saturated heterocycles. The predicted octanol–water partition coefficient (Wildman–Crippen LogP) is 3.90. The van der Waals surface area contributed by atoms with E-state index in [-0.39, 0.29) is 0 Å². The largest absolute Gasteiger partial charge is 0.379 e. The minimum atomic E-state index is 0.760. The Hall–Kier alpha value is -0.650. The van der Waals surface area contributed by atoms with E-state index in [9.17, 15) is 0 Å². The van der Waals surface area contributed by atoms with Crippen molar-refractivity contribution in [1.29, 1.82) is 0 Å². The van der Waals surface area contributed by atoms with E-state index in [0.29, 0.717) is 0 Å². The number of aromatic nitrogens is 1. The summed E-state index contributed by atoms with van der Waals surface area (Å²) >= 11 is 5.15. The van der Waals surface area contributed by atoms with E-state index in [4.69, 9.17) is 4.74 Å². The van der Waals surface area contributed by atoms with Crippen LogP contribution in [0.5, 0.6) is 0 Å². The van der Waals surface area contributed by atoms with Crippen molar-refractivity contribution < 1.29 is 4.74 Å². The van der Waals surface area contributed by atoms with Crippen molar-refractivity contribution in [2.75, 3.05) is 25.1 Å². The number of anilines is 1. The fourth-order valence-electron chi connectivity index (χ4n) is 1.74. The van der Waals surface area contributed by atoms with Crippen LogP contribution in [0.25, 0.3) is 10.2 Å². The second-order valence-corrected chi connectivity index (χ2v) is 6.52. The Bertz CT molecular complexity index is 539. The van der Waals surface area contributed by atoms with Gasteiger partial charge in [0.25, 0.3) is 0 Å². The average Bonchev–Trinajstić information content (AvgIpc) is 3.08. The van der Waals surface area contributed by atoms with E-state index in [1.54, 1.807) is 11.3 Å². The van der Waals surface area contributed by atoms with Gasteiger partial charge in [0.2, 0.25) is 0 Å². The molecule has 1 heterocycles.